The number of nitrogens with one attached hydrogen (secondary N) is 2. The summed E-state index contributed by atoms with van der Waals surface area (Å²) in [7, 11) is 1.58. The van der Waals surface area contributed by atoms with Gasteiger partial charge < -0.3 is 10.6 Å². The van der Waals surface area contributed by atoms with E-state index in [0.717, 1.165) is 4.88 Å². The zero-order chi connectivity index (χ0) is 15.8. The highest BCUT2D eigenvalue weighted by atomic mass is 32.1. The Morgan fingerprint density at radius 2 is 2.00 bits per heavy atom. The summed E-state index contributed by atoms with van der Waals surface area (Å²) in [6.07, 6.45) is 0.369. The molecule has 1 aromatic carbocycles. The maximum Gasteiger partial charge on any atom is 0.252 e. The van der Waals surface area contributed by atoms with Crippen LogP contribution in [-0.2, 0) is 11.2 Å². The molecule has 5 heteroatoms. The number of rotatable bonds is 4. The summed E-state index contributed by atoms with van der Waals surface area (Å²) in [5, 5.41) is 7.27. The van der Waals surface area contributed by atoms with Crippen molar-refractivity contribution in [2.45, 2.75) is 6.42 Å². The largest absolute Gasteiger partial charge is 0.355 e. The lowest BCUT2D eigenvalue weighted by molar-refractivity contribution is -0.120. The Kier molecular flexibility index (Phi) is 5.75. The molecule has 22 heavy (non-hydrogen) atoms. The predicted octanol–water partition coefficient (Wildman–Crippen LogP) is 1.82. The van der Waals surface area contributed by atoms with Crippen molar-refractivity contribution in [1.82, 2.24) is 10.6 Å². The minimum Gasteiger partial charge on any atom is -0.355 e. The molecule has 2 N–H and O–H groups in total. The average molecular weight is 312 g/mol. The summed E-state index contributed by atoms with van der Waals surface area (Å²) >= 11 is 1.55. The monoisotopic (exact) mass is 312 g/mol. The second-order valence-corrected chi connectivity index (χ2v) is 5.49. The number of carbonyl (C=O) groups excluding carboxylic acids is 2. The first-order valence-electron chi connectivity index (χ1n) is 6.79. The third-order valence-corrected chi connectivity index (χ3v) is 3.79. The Labute approximate surface area is 133 Å². The molecule has 2 amide bonds. The van der Waals surface area contributed by atoms with E-state index in [1.807, 2.05) is 23.6 Å². The van der Waals surface area contributed by atoms with E-state index in [4.69, 9.17) is 0 Å². The summed E-state index contributed by atoms with van der Waals surface area (Å²) in [4.78, 5) is 24.4. The van der Waals surface area contributed by atoms with Gasteiger partial charge in [-0.05, 0) is 23.6 Å². The molecular formula is C17H16N2O2S. The van der Waals surface area contributed by atoms with E-state index in [1.54, 1.807) is 36.6 Å². The van der Waals surface area contributed by atoms with E-state index in [-0.39, 0.29) is 18.4 Å². The van der Waals surface area contributed by atoms with E-state index in [9.17, 15) is 9.59 Å². The Morgan fingerprint density at radius 3 is 2.73 bits per heavy atom. The van der Waals surface area contributed by atoms with Gasteiger partial charge in [-0.15, -0.1) is 11.3 Å². The molecule has 0 bridgehead atoms. The Morgan fingerprint density at radius 1 is 1.18 bits per heavy atom. The molecule has 0 fully saturated rings. The van der Waals surface area contributed by atoms with Gasteiger partial charge >= 0.3 is 0 Å². The highest BCUT2D eigenvalue weighted by molar-refractivity contribution is 7.10. The van der Waals surface area contributed by atoms with Crippen LogP contribution in [0.3, 0.4) is 0 Å². The molecule has 4 nitrogen and oxygen atoms in total. The third kappa shape index (κ3) is 4.47. The second kappa shape index (κ2) is 8.01. The number of hydrogen-bond donors (Lipinski definition) is 2. The Bertz CT molecular complexity index is 712. The van der Waals surface area contributed by atoms with Crippen molar-refractivity contribution >= 4 is 23.2 Å². The number of hydrogen-bond acceptors (Lipinski definition) is 3. The van der Waals surface area contributed by atoms with Crippen molar-refractivity contribution in [3.05, 3.63) is 57.8 Å². The molecular weight excluding hydrogens is 296 g/mol. The summed E-state index contributed by atoms with van der Waals surface area (Å²) < 4.78 is 0. The molecule has 0 saturated heterocycles. The van der Waals surface area contributed by atoms with Crippen LogP contribution in [-0.4, -0.2) is 25.4 Å². The standard InChI is InChI=1S/C17H16N2O2S/c1-18-17(21)15-9-3-2-6-13(15)7-4-10-19-16(20)12-14-8-5-11-22-14/h2-3,5-6,8-9,11H,10,12H2,1H3,(H,18,21)(H,19,20). The lowest BCUT2D eigenvalue weighted by atomic mass is 10.1. The number of amides is 2. The molecule has 1 heterocycles. The van der Waals surface area contributed by atoms with Gasteiger partial charge in [0.1, 0.15) is 0 Å². The smallest absolute Gasteiger partial charge is 0.252 e. The van der Waals surface area contributed by atoms with Gasteiger partial charge in [0.2, 0.25) is 5.91 Å². The van der Waals surface area contributed by atoms with Crippen LogP contribution in [0.1, 0.15) is 20.8 Å². The normalized spacial score (nSPS) is 9.50. The fourth-order valence-electron chi connectivity index (χ4n) is 1.84. The minimum atomic E-state index is -0.174. The molecule has 0 saturated carbocycles. The highest BCUT2D eigenvalue weighted by Gasteiger charge is 2.06. The lowest BCUT2D eigenvalue weighted by Gasteiger charge is -2.02. The minimum absolute atomic E-state index is 0.0589. The van der Waals surface area contributed by atoms with Gasteiger partial charge in [-0.25, -0.2) is 0 Å². The summed E-state index contributed by atoms with van der Waals surface area (Å²) in [6.45, 7) is 0.256. The molecule has 2 rings (SSSR count). The van der Waals surface area contributed by atoms with Crippen LogP contribution < -0.4 is 10.6 Å². The summed E-state index contributed by atoms with van der Waals surface area (Å²) in [6, 6.07) is 11.0. The predicted molar refractivity (Wildman–Crippen MR) is 87.7 cm³/mol. The summed E-state index contributed by atoms with van der Waals surface area (Å²) in [5.74, 6) is 5.56. The van der Waals surface area contributed by atoms with Crippen LogP contribution in [0, 0.1) is 11.8 Å². The molecule has 2 aromatic rings. The van der Waals surface area contributed by atoms with Crippen LogP contribution in [0.4, 0.5) is 0 Å². The van der Waals surface area contributed by atoms with Crippen molar-refractivity contribution in [3.8, 4) is 11.8 Å². The Balaban J connectivity index is 1.91. The number of benzene rings is 1. The molecule has 112 valence electrons. The molecule has 0 atom stereocenters. The van der Waals surface area contributed by atoms with Crippen molar-refractivity contribution in [3.63, 3.8) is 0 Å². The average Bonchev–Trinajstić information content (AvgIpc) is 3.04. The fourth-order valence-corrected chi connectivity index (χ4v) is 2.54. The molecule has 0 radical (unpaired) electrons. The van der Waals surface area contributed by atoms with Gasteiger partial charge in [-0.1, -0.05) is 30.0 Å². The zero-order valence-corrected chi connectivity index (χ0v) is 13.0. The quantitative estimate of drug-likeness (QED) is 0.846. The fraction of sp³-hybridized carbons (Fsp3) is 0.176. The molecule has 0 aliphatic heterocycles. The van der Waals surface area contributed by atoms with Crippen molar-refractivity contribution < 1.29 is 9.59 Å². The molecule has 0 spiro atoms. The van der Waals surface area contributed by atoms with Gasteiger partial charge in [0.25, 0.3) is 5.91 Å². The van der Waals surface area contributed by atoms with Crippen molar-refractivity contribution in [1.29, 1.82) is 0 Å². The van der Waals surface area contributed by atoms with Gasteiger partial charge in [-0.3, -0.25) is 9.59 Å². The molecule has 0 aliphatic rings. The second-order valence-electron chi connectivity index (χ2n) is 4.46. The van der Waals surface area contributed by atoms with Crippen LogP contribution in [0.25, 0.3) is 0 Å². The maximum atomic E-state index is 11.7. The van der Waals surface area contributed by atoms with Crippen molar-refractivity contribution in [2.75, 3.05) is 13.6 Å². The maximum absolute atomic E-state index is 11.7. The number of thiophene rings is 1. The van der Waals surface area contributed by atoms with E-state index >= 15 is 0 Å². The van der Waals surface area contributed by atoms with Gasteiger partial charge in [-0.2, -0.15) is 0 Å². The van der Waals surface area contributed by atoms with E-state index in [1.165, 1.54) is 0 Å². The SMILES string of the molecule is CNC(=O)c1ccccc1C#CCNC(=O)Cc1cccs1. The number of carbonyl (C=O) groups is 2. The first kappa shape index (κ1) is 15.8. The van der Waals surface area contributed by atoms with E-state index in [0.29, 0.717) is 17.5 Å². The van der Waals surface area contributed by atoms with E-state index < -0.39 is 0 Å². The molecule has 0 aliphatic carbocycles. The van der Waals surface area contributed by atoms with Crippen molar-refractivity contribution in [2.24, 2.45) is 0 Å². The van der Waals surface area contributed by atoms with Gasteiger partial charge in [0.05, 0.1) is 18.5 Å². The lowest BCUT2D eigenvalue weighted by Crippen LogP contribution is -2.25. The van der Waals surface area contributed by atoms with E-state index in [2.05, 4.69) is 22.5 Å². The molecule has 0 unspecified atom stereocenters. The summed E-state index contributed by atoms with van der Waals surface area (Å²) in [5.41, 5.74) is 1.18. The highest BCUT2D eigenvalue weighted by Crippen LogP contribution is 2.08. The molecule has 1 aromatic heterocycles. The first-order valence-corrected chi connectivity index (χ1v) is 7.67. The van der Waals surface area contributed by atoms with Gasteiger partial charge in [0.15, 0.2) is 0 Å². The topological polar surface area (TPSA) is 58.2 Å². The van der Waals surface area contributed by atoms with Crippen LogP contribution >= 0.6 is 11.3 Å². The first-order chi connectivity index (χ1) is 10.7. The zero-order valence-electron chi connectivity index (χ0n) is 12.2. The van der Waals surface area contributed by atoms with Crippen LogP contribution in [0.5, 0.6) is 0 Å². The van der Waals surface area contributed by atoms with Gasteiger partial charge in [0, 0.05) is 17.5 Å². The Hall–Kier alpha value is -2.58. The third-order valence-electron chi connectivity index (χ3n) is 2.91. The van der Waals surface area contributed by atoms with Crippen LogP contribution in [0.15, 0.2) is 41.8 Å². The van der Waals surface area contributed by atoms with Crippen LogP contribution in [0.2, 0.25) is 0 Å².